The van der Waals surface area contributed by atoms with Gasteiger partial charge in [-0.2, -0.15) is 0 Å². The molecule has 4 atom stereocenters. The molecule has 3 aromatic rings. The summed E-state index contributed by atoms with van der Waals surface area (Å²) >= 11 is 0. The molecule has 2 aliphatic rings. The molecular formula is C30H36N2O5S. The van der Waals surface area contributed by atoms with Crippen molar-refractivity contribution in [2.24, 2.45) is 5.92 Å². The van der Waals surface area contributed by atoms with Crippen LogP contribution in [0.15, 0.2) is 83.8 Å². The lowest BCUT2D eigenvalue weighted by Gasteiger charge is -2.43. The minimum Gasteiger partial charge on any atom is -0.392 e. The molecule has 2 fully saturated rings. The zero-order valence-corrected chi connectivity index (χ0v) is 22.5. The van der Waals surface area contributed by atoms with E-state index < -0.39 is 16.3 Å². The van der Waals surface area contributed by atoms with Crippen molar-refractivity contribution < 1.29 is 23.0 Å². The fraction of sp³-hybridized carbons (Fsp3) is 0.400. The average molecular weight is 537 g/mol. The highest BCUT2D eigenvalue weighted by atomic mass is 32.2. The highest BCUT2D eigenvalue weighted by Gasteiger charge is 2.39. The van der Waals surface area contributed by atoms with Crippen LogP contribution in [0.1, 0.15) is 55.3 Å². The van der Waals surface area contributed by atoms with Crippen molar-refractivity contribution in [2.75, 3.05) is 24.4 Å². The van der Waals surface area contributed by atoms with Crippen molar-refractivity contribution in [1.29, 1.82) is 0 Å². The number of nitrogens with zero attached hydrogens (tertiary/aromatic N) is 1. The van der Waals surface area contributed by atoms with E-state index in [0.717, 1.165) is 36.3 Å². The van der Waals surface area contributed by atoms with Crippen LogP contribution in [0.5, 0.6) is 0 Å². The molecule has 5 rings (SSSR count). The number of hydrogen-bond acceptors (Lipinski definition) is 6. The van der Waals surface area contributed by atoms with Crippen molar-refractivity contribution >= 4 is 15.7 Å². The molecule has 2 N–H and O–H groups in total. The van der Waals surface area contributed by atoms with Crippen LogP contribution in [0.4, 0.5) is 5.69 Å². The molecule has 3 aromatic carbocycles. The first kappa shape index (κ1) is 26.8. The molecule has 8 heteroatoms. The quantitative estimate of drug-likeness (QED) is 0.409. The number of aliphatic hydroxyl groups is 1. The Kier molecular flexibility index (Phi) is 8.45. The molecule has 0 radical (unpaired) electrons. The fourth-order valence-corrected chi connectivity index (χ4v) is 6.33. The van der Waals surface area contributed by atoms with Gasteiger partial charge in [-0.15, -0.1) is 0 Å². The summed E-state index contributed by atoms with van der Waals surface area (Å²) in [5.74, 6) is 0.130. The molecule has 0 amide bonds. The first-order valence-electron chi connectivity index (χ1n) is 13.3. The van der Waals surface area contributed by atoms with Crippen molar-refractivity contribution in [3.63, 3.8) is 0 Å². The minimum absolute atomic E-state index is 0.00501. The molecule has 2 aliphatic heterocycles. The maximum Gasteiger partial charge on any atom is 0.261 e. The summed E-state index contributed by atoms with van der Waals surface area (Å²) in [5.41, 5.74) is 3.23. The van der Waals surface area contributed by atoms with Gasteiger partial charge in [0.2, 0.25) is 0 Å². The number of rotatable bonds is 8. The predicted octanol–water partition coefficient (Wildman–Crippen LogP) is 5.26. The first-order chi connectivity index (χ1) is 18.4. The largest absolute Gasteiger partial charge is 0.392 e. The molecule has 0 spiro atoms. The van der Waals surface area contributed by atoms with Crippen LogP contribution in [0.3, 0.4) is 0 Å². The van der Waals surface area contributed by atoms with Gasteiger partial charge in [0.15, 0.2) is 6.29 Å². The zero-order chi connectivity index (χ0) is 26.5. The van der Waals surface area contributed by atoms with E-state index in [0.29, 0.717) is 5.69 Å². The lowest BCUT2D eigenvalue weighted by atomic mass is 9.89. The van der Waals surface area contributed by atoms with Crippen LogP contribution in [0.2, 0.25) is 0 Å². The van der Waals surface area contributed by atoms with Gasteiger partial charge in [-0.3, -0.25) is 4.72 Å². The Balaban J connectivity index is 1.36. The van der Waals surface area contributed by atoms with E-state index in [4.69, 9.17) is 9.47 Å². The normalized spacial score (nSPS) is 24.7. The highest BCUT2D eigenvalue weighted by Crippen LogP contribution is 2.42. The molecule has 2 heterocycles. The van der Waals surface area contributed by atoms with Gasteiger partial charge in [-0.05, 0) is 61.3 Å². The second kappa shape index (κ2) is 12.0. The van der Waals surface area contributed by atoms with Crippen molar-refractivity contribution in [2.45, 2.75) is 56.2 Å². The summed E-state index contributed by atoms with van der Waals surface area (Å²) in [5, 5.41) is 9.46. The van der Waals surface area contributed by atoms with Crippen molar-refractivity contribution in [3.8, 4) is 0 Å². The molecule has 7 nitrogen and oxygen atoms in total. The fourth-order valence-electron chi connectivity index (χ4n) is 5.25. The van der Waals surface area contributed by atoms with Gasteiger partial charge in [0, 0.05) is 23.7 Å². The van der Waals surface area contributed by atoms with E-state index in [1.165, 1.54) is 19.3 Å². The molecule has 0 aromatic heterocycles. The Morgan fingerprint density at radius 3 is 2.18 bits per heavy atom. The maximum atomic E-state index is 12.7. The van der Waals surface area contributed by atoms with Crippen molar-refractivity contribution in [1.82, 2.24) is 4.90 Å². The van der Waals surface area contributed by atoms with Crippen LogP contribution >= 0.6 is 0 Å². The number of hydrogen-bond donors (Lipinski definition) is 2. The first-order valence-corrected chi connectivity index (χ1v) is 14.8. The van der Waals surface area contributed by atoms with Crippen molar-refractivity contribution in [3.05, 3.63) is 95.6 Å². The van der Waals surface area contributed by atoms with E-state index in [9.17, 15) is 13.5 Å². The summed E-state index contributed by atoms with van der Waals surface area (Å²) in [4.78, 5) is 2.70. The van der Waals surface area contributed by atoms with Crippen LogP contribution in [0.25, 0.3) is 0 Å². The predicted molar refractivity (Wildman–Crippen MR) is 147 cm³/mol. The van der Waals surface area contributed by atoms with Crippen LogP contribution in [0, 0.1) is 5.92 Å². The molecule has 0 aliphatic carbocycles. The molecule has 0 bridgehead atoms. The van der Waals surface area contributed by atoms with E-state index in [1.807, 2.05) is 36.4 Å². The van der Waals surface area contributed by atoms with Gasteiger partial charge in [0.25, 0.3) is 10.0 Å². The number of likely N-dealkylation sites (tertiary alicyclic amines) is 1. The summed E-state index contributed by atoms with van der Waals surface area (Å²) in [6.45, 7) is 5.21. The molecule has 0 unspecified atom stereocenters. The molecule has 2 saturated heterocycles. The Morgan fingerprint density at radius 1 is 0.868 bits per heavy atom. The SMILES string of the molecule is C[C@@H]1[C@H](CN2CCCCC2)O[C@H](c2ccc(NS(=O)(=O)c3ccccc3)cc2)O[C@@H]1c1ccc(CO)cc1. The Morgan fingerprint density at radius 2 is 1.53 bits per heavy atom. The summed E-state index contributed by atoms with van der Waals surface area (Å²) < 4.78 is 41.2. The monoisotopic (exact) mass is 536 g/mol. The standard InChI is InChI=1S/C30H36N2O5S/c1-22-28(20-32-18-6-3-7-19-32)36-30(37-29(22)24-12-10-23(21-33)11-13-24)25-14-16-26(17-15-25)31-38(34,35)27-8-4-2-5-9-27/h2,4-5,8-17,22,28-31,33H,3,6-7,18-21H2,1H3/t22-,28+,29+,30+/m1/s1. The topological polar surface area (TPSA) is 88.1 Å². The third-order valence-electron chi connectivity index (χ3n) is 7.50. The van der Waals surface area contributed by atoms with Crippen LogP contribution < -0.4 is 4.72 Å². The number of piperidine rings is 1. The third-order valence-corrected chi connectivity index (χ3v) is 8.90. The zero-order valence-electron chi connectivity index (χ0n) is 21.7. The minimum atomic E-state index is -3.67. The average Bonchev–Trinajstić information content (AvgIpc) is 2.95. The smallest absolute Gasteiger partial charge is 0.261 e. The van der Waals surface area contributed by atoms with Gasteiger partial charge in [0.1, 0.15) is 0 Å². The molecule has 202 valence electrons. The van der Waals surface area contributed by atoms with Gasteiger partial charge in [-0.25, -0.2) is 8.42 Å². The van der Waals surface area contributed by atoms with Gasteiger partial charge >= 0.3 is 0 Å². The van der Waals surface area contributed by atoms with Gasteiger partial charge in [0.05, 0.1) is 23.7 Å². The lowest BCUT2D eigenvalue weighted by Crippen LogP contribution is -2.45. The van der Waals surface area contributed by atoms with Gasteiger partial charge in [-0.1, -0.05) is 67.9 Å². The van der Waals surface area contributed by atoms with Crippen LogP contribution in [-0.4, -0.2) is 44.2 Å². The molecular weight excluding hydrogens is 500 g/mol. The number of aliphatic hydroxyl groups excluding tert-OH is 1. The number of anilines is 1. The number of ether oxygens (including phenoxy) is 2. The number of sulfonamides is 1. The lowest BCUT2D eigenvalue weighted by molar-refractivity contribution is -0.276. The Labute approximate surface area is 225 Å². The van der Waals surface area contributed by atoms with E-state index >= 15 is 0 Å². The molecule has 38 heavy (non-hydrogen) atoms. The maximum absolute atomic E-state index is 12.7. The van der Waals surface area contributed by atoms with E-state index in [-0.39, 0.29) is 29.6 Å². The highest BCUT2D eigenvalue weighted by molar-refractivity contribution is 7.92. The summed E-state index contributed by atoms with van der Waals surface area (Å²) in [7, 11) is -3.67. The second-order valence-corrected chi connectivity index (χ2v) is 11.9. The third kappa shape index (κ3) is 6.27. The number of benzene rings is 3. The number of nitrogens with one attached hydrogen (secondary N) is 1. The second-order valence-electron chi connectivity index (χ2n) is 10.2. The summed E-state index contributed by atoms with van der Waals surface area (Å²) in [6.07, 6.45) is 2.94. The van der Waals surface area contributed by atoms with Gasteiger partial charge < -0.3 is 19.5 Å². The Bertz CT molecular complexity index is 1280. The molecule has 0 saturated carbocycles. The van der Waals surface area contributed by atoms with E-state index in [1.54, 1.807) is 42.5 Å². The Hall–Kier alpha value is -2.75. The van der Waals surface area contributed by atoms with E-state index in [2.05, 4.69) is 16.5 Å². The van der Waals surface area contributed by atoms with Crippen LogP contribution in [-0.2, 0) is 26.1 Å². The summed E-state index contributed by atoms with van der Waals surface area (Å²) in [6, 6.07) is 23.4.